The van der Waals surface area contributed by atoms with E-state index in [4.69, 9.17) is 5.73 Å². The SMILES string of the molecule is Cc1cc(F)cc(-n2cc(C(C)(C)N)nn2)c1. The molecular weight excluding hydrogens is 219 g/mol. The van der Waals surface area contributed by atoms with Crippen LogP contribution in [0.2, 0.25) is 0 Å². The predicted octanol–water partition coefficient (Wildman–Crippen LogP) is 1.91. The van der Waals surface area contributed by atoms with Crippen LogP contribution in [0.25, 0.3) is 5.69 Å². The van der Waals surface area contributed by atoms with Crippen LogP contribution >= 0.6 is 0 Å². The first-order valence-electron chi connectivity index (χ1n) is 5.35. The highest BCUT2D eigenvalue weighted by atomic mass is 19.1. The van der Waals surface area contributed by atoms with Crippen molar-refractivity contribution in [1.82, 2.24) is 15.0 Å². The van der Waals surface area contributed by atoms with Crippen molar-refractivity contribution in [3.8, 4) is 5.69 Å². The van der Waals surface area contributed by atoms with Crippen LogP contribution in [0.15, 0.2) is 24.4 Å². The molecular formula is C12H15FN4. The van der Waals surface area contributed by atoms with Gasteiger partial charge in [-0.3, -0.25) is 0 Å². The summed E-state index contributed by atoms with van der Waals surface area (Å²) in [6, 6.07) is 4.72. The number of nitrogens with zero attached hydrogens (tertiary/aromatic N) is 3. The Hall–Kier alpha value is -1.75. The zero-order valence-electron chi connectivity index (χ0n) is 10.1. The van der Waals surface area contributed by atoms with E-state index in [2.05, 4.69) is 10.3 Å². The molecule has 0 fully saturated rings. The molecule has 2 N–H and O–H groups in total. The zero-order chi connectivity index (χ0) is 12.6. The van der Waals surface area contributed by atoms with Gasteiger partial charge in [-0.2, -0.15) is 0 Å². The molecule has 90 valence electrons. The highest BCUT2D eigenvalue weighted by molar-refractivity contribution is 5.35. The number of benzene rings is 1. The van der Waals surface area contributed by atoms with Crippen molar-refractivity contribution >= 4 is 0 Å². The summed E-state index contributed by atoms with van der Waals surface area (Å²) in [6.07, 6.45) is 1.72. The molecule has 17 heavy (non-hydrogen) atoms. The standard InChI is InChI=1S/C12H15FN4/c1-8-4-9(13)6-10(5-8)17-7-11(15-16-17)12(2,3)14/h4-7H,14H2,1-3H3. The van der Waals surface area contributed by atoms with Crippen LogP contribution in [0.1, 0.15) is 25.1 Å². The van der Waals surface area contributed by atoms with Crippen LogP contribution in [0.4, 0.5) is 4.39 Å². The first-order valence-corrected chi connectivity index (χ1v) is 5.35. The van der Waals surface area contributed by atoms with Crippen LogP contribution in [0, 0.1) is 12.7 Å². The predicted molar refractivity (Wildman–Crippen MR) is 63.3 cm³/mol. The first kappa shape index (κ1) is 11.7. The van der Waals surface area contributed by atoms with E-state index in [1.165, 1.54) is 16.8 Å². The van der Waals surface area contributed by atoms with Gasteiger partial charge in [0, 0.05) is 0 Å². The average molecular weight is 234 g/mol. The largest absolute Gasteiger partial charge is 0.320 e. The van der Waals surface area contributed by atoms with Gasteiger partial charge in [0.2, 0.25) is 0 Å². The molecule has 1 heterocycles. The van der Waals surface area contributed by atoms with Gasteiger partial charge >= 0.3 is 0 Å². The van der Waals surface area contributed by atoms with Crippen LogP contribution < -0.4 is 5.73 Å². The zero-order valence-corrected chi connectivity index (χ0v) is 10.1. The molecule has 5 heteroatoms. The van der Waals surface area contributed by atoms with Crippen molar-refractivity contribution in [2.24, 2.45) is 5.73 Å². The van der Waals surface area contributed by atoms with E-state index < -0.39 is 5.54 Å². The second kappa shape index (κ2) is 3.92. The minimum absolute atomic E-state index is 0.288. The Morgan fingerprint density at radius 3 is 2.53 bits per heavy atom. The molecule has 0 radical (unpaired) electrons. The van der Waals surface area contributed by atoms with Gasteiger partial charge in [-0.15, -0.1) is 5.10 Å². The van der Waals surface area contributed by atoms with E-state index in [0.29, 0.717) is 11.4 Å². The molecule has 1 aromatic heterocycles. The normalized spacial score (nSPS) is 11.8. The van der Waals surface area contributed by atoms with Crippen molar-refractivity contribution in [1.29, 1.82) is 0 Å². The molecule has 0 saturated heterocycles. The maximum absolute atomic E-state index is 13.3. The Kier molecular flexibility index (Phi) is 2.71. The van der Waals surface area contributed by atoms with Gasteiger partial charge in [-0.1, -0.05) is 5.21 Å². The number of aromatic nitrogens is 3. The molecule has 0 unspecified atom stereocenters. The molecule has 0 aliphatic rings. The third-order valence-corrected chi connectivity index (χ3v) is 2.44. The van der Waals surface area contributed by atoms with Crippen LogP contribution in [-0.4, -0.2) is 15.0 Å². The summed E-state index contributed by atoms with van der Waals surface area (Å²) in [5.41, 5.74) is 7.51. The third kappa shape index (κ3) is 2.50. The van der Waals surface area contributed by atoms with Gasteiger partial charge in [0.1, 0.15) is 11.5 Å². The van der Waals surface area contributed by atoms with Gasteiger partial charge in [-0.05, 0) is 44.5 Å². The van der Waals surface area contributed by atoms with Gasteiger partial charge < -0.3 is 5.73 Å². The van der Waals surface area contributed by atoms with E-state index >= 15 is 0 Å². The molecule has 1 aromatic carbocycles. The molecule has 4 nitrogen and oxygen atoms in total. The van der Waals surface area contributed by atoms with Crippen molar-refractivity contribution in [2.75, 3.05) is 0 Å². The maximum atomic E-state index is 13.3. The molecule has 2 rings (SSSR count). The monoisotopic (exact) mass is 234 g/mol. The lowest BCUT2D eigenvalue weighted by molar-refractivity contribution is 0.533. The molecule has 0 spiro atoms. The van der Waals surface area contributed by atoms with E-state index in [1.807, 2.05) is 26.8 Å². The highest BCUT2D eigenvalue weighted by Crippen LogP contribution is 2.16. The number of hydrogen-bond donors (Lipinski definition) is 1. The summed E-state index contributed by atoms with van der Waals surface area (Å²) < 4.78 is 14.8. The lowest BCUT2D eigenvalue weighted by Crippen LogP contribution is -2.29. The van der Waals surface area contributed by atoms with E-state index in [1.54, 1.807) is 6.20 Å². The first-order chi connectivity index (χ1) is 7.86. The molecule has 0 bridgehead atoms. The lowest BCUT2D eigenvalue weighted by atomic mass is 10.0. The molecule has 0 aliphatic carbocycles. The van der Waals surface area contributed by atoms with E-state index in [9.17, 15) is 4.39 Å². The Bertz CT molecular complexity index is 519. The maximum Gasteiger partial charge on any atom is 0.125 e. The summed E-state index contributed by atoms with van der Waals surface area (Å²) in [5.74, 6) is -0.288. The summed E-state index contributed by atoms with van der Waals surface area (Å²) in [6.45, 7) is 5.52. The lowest BCUT2D eigenvalue weighted by Gasteiger charge is -2.13. The minimum Gasteiger partial charge on any atom is -0.320 e. The van der Waals surface area contributed by atoms with Gasteiger partial charge in [0.15, 0.2) is 0 Å². The third-order valence-electron chi connectivity index (χ3n) is 2.44. The smallest absolute Gasteiger partial charge is 0.125 e. The summed E-state index contributed by atoms with van der Waals surface area (Å²) in [7, 11) is 0. The molecule has 2 aromatic rings. The summed E-state index contributed by atoms with van der Waals surface area (Å²) in [4.78, 5) is 0. The molecule has 0 saturated carbocycles. The molecule has 0 amide bonds. The molecule has 0 aliphatic heterocycles. The number of aryl methyl sites for hydroxylation is 1. The van der Waals surface area contributed by atoms with Crippen molar-refractivity contribution in [3.63, 3.8) is 0 Å². The van der Waals surface area contributed by atoms with Gasteiger partial charge in [0.25, 0.3) is 0 Å². The van der Waals surface area contributed by atoms with Crippen LogP contribution in [0.3, 0.4) is 0 Å². The summed E-state index contributed by atoms with van der Waals surface area (Å²) >= 11 is 0. The fourth-order valence-electron chi connectivity index (χ4n) is 1.53. The minimum atomic E-state index is -0.555. The van der Waals surface area contributed by atoms with Crippen LogP contribution in [0.5, 0.6) is 0 Å². The number of rotatable bonds is 2. The Morgan fingerprint density at radius 2 is 2.00 bits per heavy atom. The molecule has 0 atom stereocenters. The number of nitrogens with two attached hydrogens (primary N) is 1. The Balaban J connectivity index is 2.44. The van der Waals surface area contributed by atoms with Gasteiger partial charge in [-0.25, -0.2) is 9.07 Å². The van der Waals surface area contributed by atoms with E-state index in [0.717, 1.165) is 5.56 Å². The van der Waals surface area contributed by atoms with Gasteiger partial charge in [0.05, 0.1) is 17.4 Å². The van der Waals surface area contributed by atoms with Crippen molar-refractivity contribution in [2.45, 2.75) is 26.3 Å². The fraction of sp³-hybridized carbons (Fsp3) is 0.333. The van der Waals surface area contributed by atoms with Crippen molar-refractivity contribution < 1.29 is 4.39 Å². The number of halogens is 1. The second-order valence-corrected chi connectivity index (χ2v) is 4.76. The van der Waals surface area contributed by atoms with E-state index in [-0.39, 0.29) is 5.82 Å². The topological polar surface area (TPSA) is 56.7 Å². The average Bonchev–Trinajstić information content (AvgIpc) is 2.63. The number of hydrogen-bond acceptors (Lipinski definition) is 3. The Labute approximate surface area is 99.2 Å². The highest BCUT2D eigenvalue weighted by Gasteiger charge is 2.18. The van der Waals surface area contributed by atoms with Crippen LogP contribution in [-0.2, 0) is 5.54 Å². The second-order valence-electron chi connectivity index (χ2n) is 4.76. The van der Waals surface area contributed by atoms with Crippen molar-refractivity contribution in [3.05, 3.63) is 41.5 Å². The Morgan fingerprint density at radius 1 is 1.29 bits per heavy atom. The summed E-state index contributed by atoms with van der Waals surface area (Å²) in [5, 5.41) is 7.94. The fourth-order valence-corrected chi connectivity index (χ4v) is 1.53. The quantitative estimate of drug-likeness (QED) is 0.863.